The summed E-state index contributed by atoms with van der Waals surface area (Å²) in [4.78, 5) is 6.45. The predicted molar refractivity (Wildman–Crippen MR) is 80.4 cm³/mol. The smallest absolute Gasteiger partial charge is 0.257 e. The Kier molecular flexibility index (Phi) is 3.81. The Morgan fingerprint density at radius 3 is 2.25 bits per heavy atom. The van der Waals surface area contributed by atoms with Crippen molar-refractivity contribution in [2.24, 2.45) is 11.1 Å². The van der Waals surface area contributed by atoms with Gasteiger partial charge in [0.05, 0.1) is 6.04 Å². The van der Waals surface area contributed by atoms with Crippen molar-refractivity contribution in [3.05, 3.63) is 30.1 Å². The Morgan fingerprint density at radius 2 is 1.75 bits per heavy atom. The molecule has 1 aromatic carbocycles. The summed E-state index contributed by atoms with van der Waals surface area (Å²) in [7, 11) is 4.00. The van der Waals surface area contributed by atoms with E-state index in [9.17, 15) is 0 Å². The lowest BCUT2D eigenvalue weighted by Gasteiger charge is -2.23. The second kappa shape index (κ2) is 5.25. The number of anilines is 1. The molecule has 2 rings (SSSR count). The Bertz CT molecular complexity index is 566. The maximum Gasteiger partial charge on any atom is 0.257 e. The van der Waals surface area contributed by atoms with Gasteiger partial charge in [-0.2, -0.15) is 4.98 Å². The summed E-state index contributed by atoms with van der Waals surface area (Å²) in [6, 6.07) is 7.72. The van der Waals surface area contributed by atoms with Crippen LogP contribution in [0.25, 0.3) is 11.5 Å². The van der Waals surface area contributed by atoms with Crippen LogP contribution in [0.1, 0.15) is 32.6 Å². The number of aromatic nitrogens is 2. The lowest BCUT2D eigenvalue weighted by atomic mass is 9.87. The average Bonchev–Trinajstić information content (AvgIpc) is 2.86. The molecule has 2 aromatic rings. The van der Waals surface area contributed by atoms with E-state index in [-0.39, 0.29) is 11.5 Å². The first-order valence-corrected chi connectivity index (χ1v) is 6.66. The first kappa shape index (κ1) is 14.5. The van der Waals surface area contributed by atoms with Crippen LogP contribution >= 0.6 is 0 Å². The van der Waals surface area contributed by atoms with Gasteiger partial charge in [0.25, 0.3) is 5.89 Å². The largest absolute Gasteiger partial charge is 0.378 e. The van der Waals surface area contributed by atoms with Crippen LogP contribution in [0.15, 0.2) is 28.8 Å². The van der Waals surface area contributed by atoms with E-state index < -0.39 is 0 Å². The number of hydrogen-bond donors (Lipinski definition) is 1. The molecular weight excluding hydrogens is 252 g/mol. The van der Waals surface area contributed by atoms with Gasteiger partial charge in [-0.15, -0.1) is 0 Å². The van der Waals surface area contributed by atoms with E-state index >= 15 is 0 Å². The first-order chi connectivity index (χ1) is 9.29. The summed E-state index contributed by atoms with van der Waals surface area (Å²) in [5, 5.41) is 3.99. The molecule has 0 bridgehead atoms. The van der Waals surface area contributed by atoms with Gasteiger partial charge in [-0.1, -0.05) is 25.9 Å². The zero-order valence-corrected chi connectivity index (χ0v) is 12.7. The third-order valence-electron chi connectivity index (χ3n) is 3.28. The molecule has 0 fully saturated rings. The molecule has 0 radical (unpaired) electrons. The summed E-state index contributed by atoms with van der Waals surface area (Å²) in [6.07, 6.45) is 0. The zero-order valence-electron chi connectivity index (χ0n) is 12.7. The second-order valence-electron chi connectivity index (χ2n) is 6.24. The standard InChI is InChI=1S/C15H22N4O/c1-15(2,3)12(16)13-17-14(20-18-13)10-6-8-11(9-7-10)19(4)5/h6-9,12H,16H2,1-5H3. The monoisotopic (exact) mass is 274 g/mol. The fourth-order valence-corrected chi connectivity index (χ4v) is 1.77. The molecule has 0 spiro atoms. The highest BCUT2D eigenvalue weighted by molar-refractivity contribution is 5.58. The third kappa shape index (κ3) is 2.99. The SMILES string of the molecule is CN(C)c1ccc(-c2nc(C(N)C(C)(C)C)no2)cc1. The van der Waals surface area contributed by atoms with Gasteiger partial charge in [-0.05, 0) is 29.7 Å². The van der Waals surface area contributed by atoms with Gasteiger partial charge in [-0.25, -0.2) is 0 Å². The maximum absolute atomic E-state index is 6.14. The lowest BCUT2D eigenvalue weighted by molar-refractivity contribution is 0.303. The predicted octanol–water partition coefficient (Wildman–Crippen LogP) is 2.85. The second-order valence-corrected chi connectivity index (χ2v) is 6.24. The topological polar surface area (TPSA) is 68.2 Å². The fourth-order valence-electron chi connectivity index (χ4n) is 1.77. The normalized spacial score (nSPS) is 13.3. The van der Waals surface area contributed by atoms with E-state index in [1.54, 1.807) is 0 Å². The Balaban J connectivity index is 2.24. The molecule has 0 saturated heterocycles. The van der Waals surface area contributed by atoms with Crippen LogP contribution in [-0.2, 0) is 0 Å². The van der Waals surface area contributed by atoms with Crippen molar-refractivity contribution in [2.75, 3.05) is 19.0 Å². The van der Waals surface area contributed by atoms with Crippen molar-refractivity contribution >= 4 is 5.69 Å². The molecule has 1 aromatic heterocycles. The van der Waals surface area contributed by atoms with E-state index in [2.05, 4.69) is 30.9 Å². The first-order valence-electron chi connectivity index (χ1n) is 6.66. The minimum atomic E-state index is -0.249. The van der Waals surface area contributed by atoms with Gasteiger partial charge < -0.3 is 15.2 Å². The van der Waals surface area contributed by atoms with E-state index in [0.29, 0.717) is 11.7 Å². The molecule has 0 saturated carbocycles. The highest BCUT2D eigenvalue weighted by Crippen LogP contribution is 2.30. The highest BCUT2D eigenvalue weighted by atomic mass is 16.5. The van der Waals surface area contributed by atoms with Crippen LogP contribution in [0.5, 0.6) is 0 Å². The third-order valence-corrected chi connectivity index (χ3v) is 3.28. The number of nitrogens with zero attached hydrogens (tertiary/aromatic N) is 3. The van der Waals surface area contributed by atoms with Gasteiger partial charge >= 0.3 is 0 Å². The number of benzene rings is 1. The van der Waals surface area contributed by atoms with Crippen molar-refractivity contribution in [1.82, 2.24) is 10.1 Å². The van der Waals surface area contributed by atoms with Crippen molar-refractivity contribution in [3.8, 4) is 11.5 Å². The van der Waals surface area contributed by atoms with Crippen LogP contribution < -0.4 is 10.6 Å². The highest BCUT2D eigenvalue weighted by Gasteiger charge is 2.27. The molecule has 0 amide bonds. The van der Waals surface area contributed by atoms with E-state index in [1.807, 2.05) is 43.3 Å². The van der Waals surface area contributed by atoms with Crippen LogP contribution in [-0.4, -0.2) is 24.2 Å². The summed E-state index contributed by atoms with van der Waals surface area (Å²) in [6.45, 7) is 6.17. The molecule has 5 nitrogen and oxygen atoms in total. The van der Waals surface area contributed by atoms with Crippen molar-refractivity contribution < 1.29 is 4.52 Å². The number of hydrogen-bond acceptors (Lipinski definition) is 5. The summed E-state index contributed by atoms with van der Waals surface area (Å²) in [5.74, 6) is 1.05. The van der Waals surface area contributed by atoms with Crippen LogP contribution in [0.3, 0.4) is 0 Å². The van der Waals surface area contributed by atoms with E-state index in [4.69, 9.17) is 10.3 Å². The molecule has 1 heterocycles. The Labute approximate surface area is 119 Å². The summed E-state index contributed by atoms with van der Waals surface area (Å²) < 4.78 is 5.31. The van der Waals surface area contributed by atoms with E-state index in [1.165, 1.54) is 0 Å². The van der Waals surface area contributed by atoms with Crippen LogP contribution in [0.4, 0.5) is 5.69 Å². The summed E-state index contributed by atoms with van der Waals surface area (Å²) in [5.41, 5.74) is 8.06. The molecule has 0 aliphatic heterocycles. The average molecular weight is 274 g/mol. The zero-order chi connectivity index (χ0) is 14.9. The maximum atomic E-state index is 6.14. The molecular formula is C15H22N4O. The van der Waals surface area contributed by atoms with Gasteiger partial charge in [0, 0.05) is 25.3 Å². The molecule has 20 heavy (non-hydrogen) atoms. The molecule has 0 aliphatic rings. The van der Waals surface area contributed by atoms with Gasteiger partial charge in [0.2, 0.25) is 0 Å². The minimum absolute atomic E-state index is 0.101. The summed E-state index contributed by atoms with van der Waals surface area (Å²) >= 11 is 0. The van der Waals surface area contributed by atoms with E-state index in [0.717, 1.165) is 11.3 Å². The quantitative estimate of drug-likeness (QED) is 0.932. The van der Waals surface area contributed by atoms with Crippen molar-refractivity contribution in [3.63, 3.8) is 0 Å². The van der Waals surface area contributed by atoms with Crippen LogP contribution in [0, 0.1) is 5.41 Å². The van der Waals surface area contributed by atoms with Crippen molar-refractivity contribution in [1.29, 1.82) is 0 Å². The lowest BCUT2D eigenvalue weighted by Crippen LogP contribution is -2.27. The molecule has 1 atom stereocenters. The van der Waals surface area contributed by atoms with Gasteiger partial charge in [0.1, 0.15) is 0 Å². The van der Waals surface area contributed by atoms with Gasteiger partial charge in [-0.3, -0.25) is 0 Å². The van der Waals surface area contributed by atoms with Crippen LogP contribution in [0.2, 0.25) is 0 Å². The molecule has 5 heteroatoms. The molecule has 108 valence electrons. The van der Waals surface area contributed by atoms with Gasteiger partial charge in [0.15, 0.2) is 5.82 Å². The minimum Gasteiger partial charge on any atom is -0.378 e. The molecule has 1 unspecified atom stereocenters. The fraction of sp³-hybridized carbons (Fsp3) is 0.467. The van der Waals surface area contributed by atoms with Crippen molar-refractivity contribution in [2.45, 2.75) is 26.8 Å². The Hall–Kier alpha value is -1.88. The number of nitrogens with two attached hydrogens (primary N) is 1. The molecule has 0 aliphatic carbocycles. The number of rotatable bonds is 3. The Morgan fingerprint density at radius 1 is 1.15 bits per heavy atom. The molecule has 2 N–H and O–H groups in total.